The second-order valence-electron chi connectivity index (χ2n) is 3.95. The lowest BCUT2D eigenvalue weighted by molar-refractivity contribution is -0.384. The summed E-state index contributed by atoms with van der Waals surface area (Å²) < 4.78 is 0. The van der Waals surface area contributed by atoms with Crippen molar-refractivity contribution in [2.45, 2.75) is 6.42 Å². The second kappa shape index (κ2) is 5.92. The Bertz CT molecular complexity index is 570. The van der Waals surface area contributed by atoms with Crippen molar-refractivity contribution >= 4 is 17.1 Å². The lowest BCUT2D eigenvalue weighted by Crippen LogP contribution is -1.98. The summed E-state index contributed by atoms with van der Waals surface area (Å²) in [5, 5.41) is 22.7. The lowest BCUT2D eigenvalue weighted by atomic mass is 10.1. The number of aromatic nitrogens is 1. The quantitative estimate of drug-likeness (QED) is 0.635. The van der Waals surface area contributed by atoms with Gasteiger partial charge in [0.1, 0.15) is 11.9 Å². The van der Waals surface area contributed by atoms with Crippen LogP contribution in [-0.2, 0) is 6.42 Å². The van der Waals surface area contributed by atoms with Gasteiger partial charge in [0.25, 0.3) is 0 Å². The number of pyridine rings is 1. The minimum absolute atomic E-state index is 0.0677. The van der Waals surface area contributed by atoms with Crippen LogP contribution in [0.4, 0.5) is 17.1 Å². The van der Waals surface area contributed by atoms with E-state index < -0.39 is 4.92 Å². The molecule has 0 saturated heterocycles. The van der Waals surface area contributed by atoms with E-state index in [0.29, 0.717) is 12.1 Å². The molecule has 19 heavy (non-hydrogen) atoms. The van der Waals surface area contributed by atoms with Gasteiger partial charge in [-0.1, -0.05) is 12.1 Å². The summed E-state index contributed by atoms with van der Waals surface area (Å²) in [6.45, 7) is 0.0998. The molecule has 1 aromatic carbocycles. The number of nitrogens with zero attached hydrogens (tertiary/aromatic N) is 2. The van der Waals surface area contributed by atoms with Crippen LogP contribution in [-0.4, -0.2) is 21.6 Å². The molecule has 0 fully saturated rings. The molecule has 0 radical (unpaired) electrons. The molecule has 0 aliphatic carbocycles. The van der Waals surface area contributed by atoms with Gasteiger partial charge in [0.15, 0.2) is 0 Å². The average molecular weight is 259 g/mol. The Morgan fingerprint density at radius 2 is 2.00 bits per heavy atom. The lowest BCUT2D eigenvalue weighted by Gasteiger charge is -2.07. The van der Waals surface area contributed by atoms with Gasteiger partial charge >= 0.3 is 5.69 Å². The van der Waals surface area contributed by atoms with Gasteiger partial charge < -0.3 is 10.4 Å². The smallest absolute Gasteiger partial charge is 0.310 e. The molecule has 1 aromatic heterocycles. The van der Waals surface area contributed by atoms with Gasteiger partial charge in [-0.15, -0.1) is 0 Å². The van der Waals surface area contributed by atoms with E-state index in [9.17, 15) is 10.1 Å². The molecule has 0 atom stereocenters. The molecule has 1 heterocycles. The van der Waals surface area contributed by atoms with Crippen molar-refractivity contribution < 1.29 is 10.0 Å². The molecule has 0 unspecified atom stereocenters. The number of hydrogen-bond acceptors (Lipinski definition) is 5. The molecule has 0 saturated carbocycles. The first-order valence-corrected chi connectivity index (χ1v) is 5.76. The van der Waals surface area contributed by atoms with E-state index in [4.69, 9.17) is 5.11 Å². The van der Waals surface area contributed by atoms with Crippen molar-refractivity contribution in [3.05, 3.63) is 58.4 Å². The Kier molecular flexibility index (Phi) is 4.04. The van der Waals surface area contributed by atoms with Crippen LogP contribution in [0.2, 0.25) is 0 Å². The minimum Gasteiger partial charge on any atom is -0.396 e. The number of rotatable bonds is 5. The van der Waals surface area contributed by atoms with E-state index in [2.05, 4.69) is 10.3 Å². The van der Waals surface area contributed by atoms with Crippen molar-refractivity contribution in [1.29, 1.82) is 0 Å². The molecule has 6 heteroatoms. The first-order valence-electron chi connectivity index (χ1n) is 5.76. The van der Waals surface area contributed by atoms with Crippen molar-refractivity contribution in [2.75, 3.05) is 11.9 Å². The minimum atomic E-state index is -0.477. The van der Waals surface area contributed by atoms with Gasteiger partial charge in [0, 0.05) is 18.5 Å². The predicted octanol–water partition coefficient (Wildman–Crippen LogP) is 2.27. The van der Waals surface area contributed by atoms with Crippen LogP contribution in [0.15, 0.2) is 42.7 Å². The van der Waals surface area contributed by atoms with Gasteiger partial charge in [-0.05, 0) is 30.2 Å². The van der Waals surface area contributed by atoms with Crippen LogP contribution in [0.1, 0.15) is 5.56 Å². The summed E-state index contributed by atoms with van der Waals surface area (Å²) >= 11 is 0. The van der Waals surface area contributed by atoms with Crippen LogP contribution < -0.4 is 5.32 Å². The Labute approximate surface area is 109 Å². The van der Waals surface area contributed by atoms with Crippen molar-refractivity contribution in [2.24, 2.45) is 0 Å². The van der Waals surface area contributed by atoms with E-state index in [0.717, 1.165) is 11.3 Å². The Balaban J connectivity index is 2.19. The van der Waals surface area contributed by atoms with Crippen LogP contribution >= 0.6 is 0 Å². The normalized spacial score (nSPS) is 10.2. The highest BCUT2D eigenvalue weighted by Gasteiger charge is 2.12. The number of nitro groups is 1. The number of nitrogens with one attached hydrogen (secondary N) is 1. The zero-order valence-corrected chi connectivity index (χ0v) is 10.1. The highest BCUT2D eigenvalue weighted by molar-refractivity contribution is 5.68. The highest BCUT2D eigenvalue weighted by Crippen LogP contribution is 2.26. The van der Waals surface area contributed by atoms with Crippen LogP contribution in [0.5, 0.6) is 0 Å². The number of benzene rings is 1. The fourth-order valence-corrected chi connectivity index (χ4v) is 1.68. The first kappa shape index (κ1) is 13.0. The van der Waals surface area contributed by atoms with Crippen LogP contribution in [0.3, 0.4) is 0 Å². The molecule has 0 aliphatic rings. The van der Waals surface area contributed by atoms with E-state index in [1.807, 2.05) is 24.3 Å². The Hall–Kier alpha value is -2.47. The van der Waals surface area contributed by atoms with E-state index in [1.54, 1.807) is 6.07 Å². The summed E-state index contributed by atoms with van der Waals surface area (Å²) in [5.41, 5.74) is 2.09. The van der Waals surface area contributed by atoms with Crippen molar-refractivity contribution in [1.82, 2.24) is 4.98 Å². The number of aliphatic hydroxyl groups excluding tert-OH is 1. The van der Waals surface area contributed by atoms with Crippen molar-refractivity contribution in [3.8, 4) is 0 Å². The Morgan fingerprint density at radius 1 is 1.26 bits per heavy atom. The molecule has 0 bridgehead atoms. The molecule has 2 rings (SSSR count). The summed E-state index contributed by atoms with van der Waals surface area (Å²) in [6.07, 6.45) is 3.30. The maximum absolute atomic E-state index is 10.8. The Morgan fingerprint density at radius 3 is 2.63 bits per heavy atom. The van der Waals surface area contributed by atoms with Gasteiger partial charge in [0.05, 0.1) is 4.92 Å². The third kappa shape index (κ3) is 3.26. The van der Waals surface area contributed by atoms with Crippen LogP contribution in [0, 0.1) is 10.1 Å². The van der Waals surface area contributed by atoms with Gasteiger partial charge in [0.2, 0.25) is 0 Å². The summed E-state index contributed by atoms with van der Waals surface area (Å²) in [4.78, 5) is 14.1. The predicted molar refractivity (Wildman–Crippen MR) is 71.4 cm³/mol. The fraction of sp³-hybridized carbons (Fsp3) is 0.154. The molecule has 0 amide bonds. The van der Waals surface area contributed by atoms with E-state index in [1.165, 1.54) is 12.4 Å². The fourth-order valence-electron chi connectivity index (χ4n) is 1.68. The largest absolute Gasteiger partial charge is 0.396 e. The standard InChI is InChI=1S/C13H13N3O3/c17-8-6-10-1-3-11(4-2-10)15-12-5-7-14-9-13(12)16(18)19/h1-5,7,9,17H,6,8H2,(H,14,15). The first-order chi connectivity index (χ1) is 9.20. The highest BCUT2D eigenvalue weighted by atomic mass is 16.6. The SMILES string of the molecule is O=[N+]([O-])c1cnccc1Nc1ccc(CCO)cc1. The molecule has 2 N–H and O–H groups in total. The summed E-state index contributed by atoms with van der Waals surface area (Å²) in [6, 6.07) is 8.92. The van der Waals surface area contributed by atoms with E-state index >= 15 is 0 Å². The second-order valence-corrected chi connectivity index (χ2v) is 3.95. The number of aliphatic hydroxyl groups is 1. The van der Waals surface area contributed by atoms with Gasteiger partial charge in [-0.2, -0.15) is 0 Å². The summed E-state index contributed by atoms with van der Waals surface area (Å²) in [5.74, 6) is 0. The molecule has 98 valence electrons. The maximum Gasteiger partial charge on any atom is 0.310 e. The van der Waals surface area contributed by atoms with E-state index in [-0.39, 0.29) is 12.3 Å². The monoisotopic (exact) mass is 259 g/mol. The van der Waals surface area contributed by atoms with Gasteiger partial charge in [-0.25, -0.2) is 0 Å². The number of hydrogen-bond donors (Lipinski definition) is 2. The molecule has 6 nitrogen and oxygen atoms in total. The van der Waals surface area contributed by atoms with Crippen LogP contribution in [0.25, 0.3) is 0 Å². The van der Waals surface area contributed by atoms with Gasteiger partial charge in [-0.3, -0.25) is 15.1 Å². The molecule has 0 spiro atoms. The maximum atomic E-state index is 10.8. The molecule has 2 aromatic rings. The third-order valence-electron chi connectivity index (χ3n) is 2.63. The summed E-state index contributed by atoms with van der Waals surface area (Å²) in [7, 11) is 0. The molecule has 0 aliphatic heterocycles. The molecular weight excluding hydrogens is 246 g/mol. The zero-order valence-electron chi connectivity index (χ0n) is 10.1. The van der Waals surface area contributed by atoms with Crippen molar-refractivity contribution in [3.63, 3.8) is 0 Å². The zero-order chi connectivity index (χ0) is 13.7. The average Bonchev–Trinajstić information content (AvgIpc) is 2.42. The molecular formula is C13H13N3O3. The topological polar surface area (TPSA) is 88.3 Å². The number of anilines is 2. The third-order valence-corrected chi connectivity index (χ3v) is 2.63.